The highest BCUT2D eigenvalue weighted by atomic mass is 16.3. The van der Waals surface area contributed by atoms with Crippen LogP contribution in [0, 0.1) is 0 Å². The van der Waals surface area contributed by atoms with E-state index in [1.165, 1.54) is 30.4 Å². The number of hydrogen-bond acceptors (Lipinski definition) is 2. The Hall–Kier alpha value is -0.860. The van der Waals surface area contributed by atoms with Gasteiger partial charge in [0.25, 0.3) is 0 Å². The molecule has 1 N–H and O–H groups in total. The summed E-state index contributed by atoms with van der Waals surface area (Å²) in [6, 6.07) is 6.85. The fourth-order valence-electron chi connectivity index (χ4n) is 2.17. The highest BCUT2D eigenvalue weighted by molar-refractivity contribution is 5.35. The molecule has 0 spiro atoms. The third-order valence-corrected chi connectivity index (χ3v) is 3.19. The molecule has 1 aromatic rings. The summed E-state index contributed by atoms with van der Waals surface area (Å²) in [6.07, 6.45) is 4.85. The number of nitrogens with zero attached hydrogens (tertiary/aromatic N) is 1. The molecule has 2 rings (SSSR count). The molecular weight excluding hydrogens is 186 g/mol. The molecule has 0 bridgehead atoms. The third-order valence-electron chi connectivity index (χ3n) is 3.19. The summed E-state index contributed by atoms with van der Waals surface area (Å²) < 4.78 is 0. The highest BCUT2D eigenvalue weighted by Crippen LogP contribution is 2.22. The second kappa shape index (κ2) is 4.77. The zero-order valence-electron chi connectivity index (χ0n) is 9.37. The summed E-state index contributed by atoms with van der Waals surface area (Å²) >= 11 is 0. The van der Waals surface area contributed by atoms with E-state index >= 15 is 0 Å². The van der Waals surface area contributed by atoms with Gasteiger partial charge in [0, 0.05) is 6.54 Å². The van der Waals surface area contributed by atoms with Crippen molar-refractivity contribution < 1.29 is 5.11 Å². The Labute approximate surface area is 91.5 Å². The second-order valence-corrected chi connectivity index (χ2v) is 4.43. The number of aryl methyl sites for hydroxylation is 2. The molecule has 0 unspecified atom stereocenters. The van der Waals surface area contributed by atoms with E-state index in [0.717, 1.165) is 13.0 Å². The van der Waals surface area contributed by atoms with E-state index in [0.29, 0.717) is 0 Å². The van der Waals surface area contributed by atoms with Gasteiger partial charge in [0.1, 0.15) is 0 Å². The lowest BCUT2D eigenvalue weighted by Gasteiger charge is -2.13. The first kappa shape index (κ1) is 10.7. The van der Waals surface area contributed by atoms with Crippen LogP contribution in [-0.4, -0.2) is 30.3 Å². The van der Waals surface area contributed by atoms with Crippen LogP contribution in [0.3, 0.4) is 0 Å². The first-order valence-electron chi connectivity index (χ1n) is 5.69. The van der Waals surface area contributed by atoms with E-state index in [2.05, 4.69) is 18.2 Å². The molecule has 2 heteroatoms. The summed E-state index contributed by atoms with van der Waals surface area (Å²) in [4.78, 5) is 1.92. The van der Waals surface area contributed by atoms with Crippen molar-refractivity contribution in [3.63, 3.8) is 0 Å². The SMILES string of the molecule is CN(CO)CCc1ccc2c(c1)CCC2. The van der Waals surface area contributed by atoms with Gasteiger partial charge in [-0.15, -0.1) is 0 Å². The molecule has 1 aliphatic carbocycles. The van der Waals surface area contributed by atoms with Crippen molar-refractivity contribution in [1.82, 2.24) is 4.90 Å². The number of aliphatic hydroxyl groups excluding tert-OH is 1. The van der Waals surface area contributed by atoms with Crippen LogP contribution in [0.4, 0.5) is 0 Å². The summed E-state index contributed by atoms with van der Waals surface area (Å²) in [5.41, 5.74) is 4.48. The molecule has 2 nitrogen and oxygen atoms in total. The van der Waals surface area contributed by atoms with Gasteiger partial charge in [0.2, 0.25) is 0 Å². The van der Waals surface area contributed by atoms with Gasteiger partial charge in [-0.05, 0) is 49.4 Å². The van der Waals surface area contributed by atoms with Gasteiger partial charge in [-0.1, -0.05) is 18.2 Å². The largest absolute Gasteiger partial charge is 0.381 e. The predicted octanol–water partition coefficient (Wildman–Crippen LogP) is 1.60. The Bertz CT molecular complexity index is 335. The smallest absolute Gasteiger partial charge is 0.0954 e. The van der Waals surface area contributed by atoms with Crippen LogP contribution >= 0.6 is 0 Å². The number of fused-ring (bicyclic) bond motifs is 1. The normalized spacial score (nSPS) is 14.6. The van der Waals surface area contributed by atoms with Crippen LogP contribution in [0.15, 0.2) is 18.2 Å². The van der Waals surface area contributed by atoms with Crippen molar-refractivity contribution in [3.05, 3.63) is 34.9 Å². The summed E-state index contributed by atoms with van der Waals surface area (Å²) in [6.45, 7) is 1.07. The molecule has 0 fully saturated rings. The topological polar surface area (TPSA) is 23.5 Å². The Morgan fingerprint density at radius 2 is 2.07 bits per heavy atom. The Balaban J connectivity index is 1.98. The molecule has 0 atom stereocenters. The minimum atomic E-state index is 0.144. The molecule has 0 saturated carbocycles. The molecule has 0 heterocycles. The maximum Gasteiger partial charge on any atom is 0.0954 e. The Kier molecular flexibility index (Phi) is 3.39. The van der Waals surface area contributed by atoms with Crippen LogP contribution in [-0.2, 0) is 19.3 Å². The van der Waals surface area contributed by atoms with Crippen LogP contribution in [0.1, 0.15) is 23.1 Å². The third kappa shape index (κ3) is 2.58. The number of benzene rings is 1. The lowest BCUT2D eigenvalue weighted by molar-refractivity contribution is 0.134. The van der Waals surface area contributed by atoms with Crippen molar-refractivity contribution in [2.24, 2.45) is 0 Å². The predicted molar refractivity (Wildman–Crippen MR) is 61.9 cm³/mol. The average molecular weight is 205 g/mol. The van der Waals surface area contributed by atoms with Crippen LogP contribution in [0.25, 0.3) is 0 Å². The maximum absolute atomic E-state index is 8.89. The number of rotatable bonds is 4. The summed E-state index contributed by atoms with van der Waals surface area (Å²) in [5.74, 6) is 0. The quantitative estimate of drug-likeness (QED) is 0.755. The summed E-state index contributed by atoms with van der Waals surface area (Å²) in [5, 5.41) is 8.89. The van der Waals surface area contributed by atoms with Gasteiger partial charge in [-0.3, -0.25) is 4.90 Å². The maximum atomic E-state index is 8.89. The Morgan fingerprint density at radius 1 is 1.27 bits per heavy atom. The van der Waals surface area contributed by atoms with Gasteiger partial charge >= 0.3 is 0 Å². The second-order valence-electron chi connectivity index (χ2n) is 4.43. The van der Waals surface area contributed by atoms with Crippen LogP contribution < -0.4 is 0 Å². The molecule has 1 aliphatic rings. The average Bonchev–Trinajstić information content (AvgIpc) is 2.72. The van der Waals surface area contributed by atoms with E-state index in [9.17, 15) is 0 Å². The number of aliphatic hydroxyl groups is 1. The van der Waals surface area contributed by atoms with E-state index < -0.39 is 0 Å². The molecule has 82 valence electrons. The zero-order chi connectivity index (χ0) is 10.7. The van der Waals surface area contributed by atoms with E-state index in [1.807, 2.05) is 11.9 Å². The fraction of sp³-hybridized carbons (Fsp3) is 0.538. The van der Waals surface area contributed by atoms with E-state index in [1.54, 1.807) is 5.56 Å². The van der Waals surface area contributed by atoms with E-state index in [4.69, 9.17) is 5.11 Å². The minimum absolute atomic E-state index is 0.144. The van der Waals surface area contributed by atoms with Gasteiger partial charge < -0.3 is 5.11 Å². The lowest BCUT2D eigenvalue weighted by atomic mass is 10.0. The molecule has 0 aromatic heterocycles. The van der Waals surface area contributed by atoms with Gasteiger partial charge in [0.05, 0.1) is 6.73 Å². The first-order chi connectivity index (χ1) is 7.29. The lowest BCUT2D eigenvalue weighted by Crippen LogP contribution is -2.21. The molecule has 15 heavy (non-hydrogen) atoms. The Morgan fingerprint density at radius 3 is 2.87 bits per heavy atom. The van der Waals surface area contributed by atoms with Crippen molar-refractivity contribution in [3.8, 4) is 0 Å². The minimum Gasteiger partial charge on any atom is -0.381 e. The molecular formula is C13H19NO. The van der Waals surface area contributed by atoms with Crippen molar-refractivity contribution in [2.75, 3.05) is 20.3 Å². The monoisotopic (exact) mass is 205 g/mol. The molecule has 0 aliphatic heterocycles. The molecule has 1 aromatic carbocycles. The summed E-state index contributed by atoms with van der Waals surface area (Å²) in [7, 11) is 1.94. The first-order valence-corrected chi connectivity index (χ1v) is 5.69. The number of hydrogen-bond donors (Lipinski definition) is 1. The van der Waals surface area contributed by atoms with E-state index in [-0.39, 0.29) is 6.73 Å². The van der Waals surface area contributed by atoms with Crippen LogP contribution in [0.2, 0.25) is 0 Å². The standard InChI is InChI=1S/C13H19NO/c1-14(10-15)8-7-11-5-6-12-3-2-4-13(12)9-11/h5-6,9,15H,2-4,7-8,10H2,1H3. The van der Waals surface area contributed by atoms with Gasteiger partial charge in [-0.2, -0.15) is 0 Å². The molecule has 0 radical (unpaired) electrons. The zero-order valence-corrected chi connectivity index (χ0v) is 9.37. The van der Waals surface area contributed by atoms with Crippen molar-refractivity contribution >= 4 is 0 Å². The molecule has 0 saturated heterocycles. The van der Waals surface area contributed by atoms with Gasteiger partial charge in [0.15, 0.2) is 0 Å². The van der Waals surface area contributed by atoms with Crippen LogP contribution in [0.5, 0.6) is 0 Å². The van der Waals surface area contributed by atoms with Crippen molar-refractivity contribution in [2.45, 2.75) is 25.7 Å². The fourth-order valence-corrected chi connectivity index (χ4v) is 2.17. The van der Waals surface area contributed by atoms with Gasteiger partial charge in [-0.25, -0.2) is 0 Å². The highest BCUT2D eigenvalue weighted by Gasteiger charge is 2.10. The van der Waals surface area contributed by atoms with Crippen molar-refractivity contribution in [1.29, 1.82) is 0 Å². The number of likely N-dealkylation sites (N-methyl/N-ethyl adjacent to an activating group) is 1. The molecule has 0 amide bonds.